The van der Waals surface area contributed by atoms with E-state index in [4.69, 9.17) is 18.6 Å². The lowest BCUT2D eigenvalue weighted by Gasteiger charge is -2.44. The van der Waals surface area contributed by atoms with E-state index in [9.17, 15) is 14.4 Å². The zero-order chi connectivity index (χ0) is 31.0. The first-order valence-corrected chi connectivity index (χ1v) is 14.8. The molecule has 0 unspecified atom stereocenters. The maximum Gasteiger partial charge on any atom is 0.291 e. The number of amides is 2. The number of nitrogens with one attached hydrogen (secondary N) is 2. The van der Waals surface area contributed by atoms with Gasteiger partial charge in [-0.25, -0.2) is 0 Å². The van der Waals surface area contributed by atoms with Crippen LogP contribution in [0.25, 0.3) is 0 Å². The predicted octanol–water partition coefficient (Wildman–Crippen LogP) is 5.36. The molecule has 4 aromatic rings. The Labute approximate surface area is 261 Å². The number of piperidine rings is 1. The number of halogens is 1. The average molecular weight is 664 g/mol. The van der Waals surface area contributed by atoms with Crippen LogP contribution in [0.1, 0.15) is 38.9 Å². The SMILES string of the molecule is COc1cc(NC(=O)c2ccc(N3C[C@H]4C[C@@H](C3)c3cccc(=O)n3C4)c(NC(=O)c3ccc(Br)o3)c2)cc(OC)c1OC. The molecule has 228 valence electrons. The molecule has 1 fully saturated rings. The van der Waals surface area contributed by atoms with Gasteiger partial charge in [0.25, 0.3) is 17.4 Å². The van der Waals surface area contributed by atoms with E-state index in [0.29, 0.717) is 58.5 Å². The minimum Gasteiger partial charge on any atom is -0.493 e. The first kappa shape index (κ1) is 29.4. The standard InChI is InChI=1S/C32H31BrN4O7/c1-41-26-13-21(14-27(42-2)30(26)43-3)34-31(39)19-7-8-24(22(12-19)35-32(40)25-9-10-28(33)44-25)36-15-18-11-20(17-36)23-5-4-6-29(38)37(23)16-18/h4-10,12-14,18,20H,11,15-17H2,1-3H3,(H,34,39)(H,35,40)/t18-,20+/m1/s1. The maximum atomic E-state index is 13.5. The summed E-state index contributed by atoms with van der Waals surface area (Å²) in [6.45, 7) is 1.99. The monoisotopic (exact) mass is 662 g/mol. The minimum atomic E-state index is -0.451. The zero-order valence-electron chi connectivity index (χ0n) is 24.4. The molecule has 0 aliphatic carbocycles. The summed E-state index contributed by atoms with van der Waals surface area (Å²) in [6, 6.07) is 17.1. The average Bonchev–Trinajstić information content (AvgIpc) is 3.47. The van der Waals surface area contributed by atoms with Crippen LogP contribution in [0, 0.1) is 5.92 Å². The molecule has 12 heteroatoms. The summed E-state index contributed by atoms with van der Waals surface area (Å²) in [5, 5.41) is 5.84. The predicted molar refractivity (Wildman–Crippen MR) is 169 cm³/mol. The minimum absolute atomic E-state index is 0.0191. The van der Waals surface area contributed by atoms with Gasteiger partial charge < -0.3 is 38.7 Å². The van der Waals surface area contributed by atoms with E-state index in [1.54, 1.807) is 42.5 Å². The summed E-state index contributed by atoms with van der Waals surface area (Å²) >= 11 is 3.24. The molecule has 44 heavy (non-hydrogen) atoms. The molecule has 2 N–H and O–H groups in total. The Hall–Kier alpha value is -4.71. The van der Waals surface area contributed by atoms with Crippen molar-refractivity contribution in [1.29, 1.82) is 0 Å². The van der Waals surface area contributed by atoms with E-state index in [1.165, 1.54) is 21.3 Å². The Morgan fingerprint density at radius 1 is 0.886 bits per heavy atom. The highest BCUT2D eigenvalue weighted by Gasteiger charge is 2.35. The fraction of sp³-hybridized carbons (Fsp3) is 0.281. The normalized spacial score (nSPS) is 17.0. The van der Waals surface area contributed by atoms with Gasteiger partial charge in [0.2, 0.25) is 5.75 Å². The number of rotatable bonds is 8. The zero-order valence-corrected chi connectivity index (χ0v) is 26.0. The number of anilines is 3. The van der Waals surface area contributed by atoms with Gasteiger partial charge in [0.15, 0.2) is 21.9 Å². The first-order valence-electron chi connectivity index (χ1n) is 14.0. The molecule has 0 spiro atoms. The molecule has 2 aliphatic heterocycles. The third-order valence-corrected chi connectivity index (χ3v) is 8.47. The van der Waals surface area contributed by atoms with Crippen molar-refractivity contribution < 1.29 is 28.2 Å². The van der Waals surface area contributed by atoms with Gasteiger partial charge in [-0.3, -0.25) is 14.4 Å². The number of methoxy groups -OCH3 is 3. The van der Waals surface area contributed by atoms with E-state index in [1.807, 2.05) is 22.8 Å². The van der Waals surface area contributed by atoms with Crippen LogP contribution in [-0.2, 0) is 6.54 Å². The van der Waals surface area contributed by atoms with Crippen molar-refractivity contribution in [1.82, 2.24) is 4.57 Å². The lowest BCUT2D eigenvalue weighted by atomic mass is 9.83. The number of benzene rings is 2. The third kappa shape index (κ3) is 5.64. The molecule has 0 saturated carbocycles. The van der Waals surface area contributed by atoms with Crippen LogP contribution < -0.4 is 35.3 Å². The van der Waals surface area contributed by atoms with Crippen molar-refractivity contribution in [2.24, 2.45) is 5.92 Å². The van der Waals surface area contributed by atoms with Crippen LogP contribution in [0.2, 0.25) is 0 Å². The van der Waals surface area contributed by atoms with Gasteiger partial charge in [0.05, 0.1) is 32.7 Å². The molecule has 2 aliphatic rings. The molecule has 2 atom stereocenters. The van der Waals surface area contributed by atoms with Crippen LogP contribution in [0.15, 0.2) is 74.5 Å². The fourth-order valence-electron chi connectivity index (χ4n) is 6.12. The van der Waals surface area contributed by atoms with Gasteiger partial charge in [-0.05, 0) is 64.7 Å². The first-order chi connectivity index (χ1) is 21.3. The topological polar surface area (TPSA) is 124 Å². The Morgan fingerprint density at radius 3 is 2.34 bits per heavy atom. The number of fused-ring (bicyclic) bond motifs is 4. The molecule has 2 bridgehead atoms. The van der Waals surface area contributed by atoms with Crippen LogP contribution in [0.4, 0.5) is 17.1 Å². The second-order valence-electron chi connectivity index (χ2n) is 10.8. The fourth-order valence-corrected chi connectivity index (χ4v) is 6.43. The molecule has 11 nitrogen and oxygen atoms in total. The van der Waals surface area contributed by atoms with Crippen molar-refractivity contribution in [2.45, 2.75) is 18.9 Å². The smallest absolute Gasteiger partial charge is 0.291 e. The summed E-state index contributed by atoms with van der Waals surface area (Å²) in [5.74, 6) is 0.894. The molecule has 2 amide bonds. The van der Waals surface area contributed by atoms with E-state index in [0.717, 1.165) is 17.8 Å². The molecule has 1 saturated heterocycles. The van der Waals surface area contributed by atoms with Gasteiger partial charge in [-0.2, -0.15) is 0 Å². The molecule has 4 heterocycles. The molecular weight excluding hydrogens is 632 g/mol. The van der Waals surface area contributed by atoms with Gasteiger partial charge in [-0.15, -0.1) is 0 Å². The van der Waals surface area contributed by atoms with Crippen LogP contribution >= 0.6 is 15.9 Å². The molecule has 2 aromatic carbocycles. The second-order valence-corrected chi connectivity index (χ2v) is 11.5. The molecular formula is C32H31BrN4O7. The third-order valence-electron chi connectivity index (χ3n) is 8.05. The van der Waals surface area contributed by atoms with Crippen molar-refractivity contribution in [3.8, 4) is 17.2 Å². The van der Waals surface area contributed by atoms with E-state index in [2.05, 4.69) is 31.5 Å². The largest absolute Gasteiger partial charge is 0.493 e. The van der Waals surface area contributed by atoms with Gasteiger partial charge in [0.1, 0.15) is 0 Å². The van der Waals surface area contributed by atoms with Crippen LogP contribution in [0.5, 0.6) is 17.2 Å². The highest BCUT2D eigenvalue weighted by molar-refractivity contribution is 9.10. The number of ether oxygens (including phenoxy) is 3. The van der Waals surface area contributed by atoms with E-state index < -0.39 is 11.8 Å². The summed E-state index contributed by atoms with van der Waals surface area (Å²) in [5.41, 5.74) is 3.04. The van der Waals surface area contributed by atoms with Gasteiger partial charge >= 0.3 is 0 Å². The number of aromatic nitrogens is 1. The van der Waals surface area contributed by atoms with Crippen molar-refractivity contribution in [3.05, 3.63) is 92.7 Å². The lowest BCUT2D eigenvalue weighted by molar-refractivity contribution is 0.0992. The number of furan rings is 1. The van der Waals surface area contributed by atoms with E-state index >= 15 is 0 Å². The summed E-state index contributed by atoms with van der Waals surface area (Å²) in [4.78, 5) is 41.4. The Morgan fingerprint density at radius 2 is 1.66 bits per heavy atom. The van der Waals surface area contributed by atoms with Crippen molar-refractivity contribution in [2.75, 3.05) is 50.0 Å². The van der Waals surface area contributed by atoms with Gasteiger partial charge in [0, 0.05) is 60.7 Å². The number of pyridine rings is 1. The second kappa shape index (κ2) is 12.1. The van der Waals surface area contributed by atoms with Crippen molar-refractivity contribution in [3.63, 3.8) is 0 Å². The van der Waals surface area contributed by atoms with Crippen LogP contribution in [0.3, 0.4) is 0 Å². The number of carbonyl (C=O) groups excluding carboxylic acids is 2. The van der Waals surface area contributed by atoms with Gasteiger partial charge in [-0.1, -0.05) is 6.07 Å². The van der Waals surface area contributed by atoms with E-state index in [-0.39, 0.29) is 23.2 Å². The Bertz CT molecular complexity index is 1770. The Balaban J connectivity index is 1.32. The molecule has 2 aromatic heterocycles. The van der Waals surface area contributed by atoms with Crippen LogP contribution in [-0.4, -0.2) is 50.8 Å². The highest BCUT2D eigenvalue weighted by Crippen LogP contribution is 2.41. The summed E-state index contributed by atoms with van der Waals surface area (Å²) in [7, 11) is 4.51. The maximum absolute atomic E-state index is 13.5. The quantitative estimate of drug-likeness (QED) is 0.259. The number of hydrogen-bond acceptors (Lipinski definition) is 8. The number of carbonyl (C=O) groups is 2. The molecule has 6 rings (SSSR count). The summed E-state index contributed by atoms with van der Waals surface area (Å²) < 4.78 is 24.0. The lowest BCUT2D eigenvalue weighted by Crippen LogP contribution is -2.47. The number of nitrogens with zero attached hydrogens (tertiary/aromatic N) is 2. The van der Waals surface area contributed by atoms with Crippen molar-refractivity contribution >= 4 is 44.8 Å². The number of hydrogen-bond donors (Lipinski definition) is 2. The Kier molecular flexibility index (Phi) is 8.09. The molecule has 0 radical (unpaired) electrons. The highest BCUT2D eigenvalue weighted by atomic mass is 79.9. The summed E-state index contributed by atoms with van der Waals surface area (Å²) in [6.07, 6.45) is 0.983.